The first-order chi connectivity index (χ1) is 19.1. The van der Waals surface area contributed by atoms with E-state index in [1.54, 1.807) is 0 Å². The third kappa shape index (κ3) is 2.13. The second-order valence-electron chi connectivity index (χ2n) is 9.93. The SMILES string of the molecule is COc1cc(O)c2c(=O)c3c(O)cc(O)c4c5c(O)cc(O)c6c(=O)c7c(O)cc(OC)c8c1c2c(c34)c(c65)c78. The van der Waals surface area contributed by atoms with Gasteiger partial charge in [0.1, 0.15) is 46.0 Å². The highest BCUT2D eigenvalue weighted by Crippen LogP contribution is 2.58. The van der Waals surface area contributed by atoms with Gasteiger partial charge in [-0.05, 0) is 0 Å². The number of rotatable bonds is 2. The van der Waals surface area contributed by atoms with E-state index in [2.05, 4.69) is 0 Å². The van der Waals surface area contributed by atoms with E-state index in [0.717, 1.165) is 12.1 Å². The second-order valence-corrected chi connectivity index (χ2v) is 9.93. The van der Waals surface area contributed by atoms with Gasteiger partial charge in [0, 0.05) is 78.1 Å². The Hall–Kier alpha value is -5.64. The van der Waals surface area contributed by atoms with Crippen LogP contribution in [0.15, 0.2) is 33.9 Å². The molecule has 0 aliphatic carbocycles. The summed E-state index contributed by atoms with van der Waals surface area (Å²) in [4.78, 5) is 28.0. The lowest BCUT2D eigenvalue weighted by atomic mass is 9.79. The van der Waals surface area contributed by atoms with Gasteiger partial charge in [-0.2, -0.15) is 0 Å². The minimum Gasteiger partial charge on any atom is -0.507 e. The lowest BCUT2D eigenvalue weighted by Crippen LogP contribution is -2.10. The van der Waals surface area contributed by atoms with Crippen LogP contribution in [-0.4, -0.2) is 44.9 Å². The average molecular weight is 536 g/mol. The monoisotopic (exact) mass is 536 g/mol. The van der Waals surface area contributed by atoms with Crippen molar-refractivity contribution in [1.82, 2.24) is 0 Å². The van der Waals surface area contributed by atoms with Gasteiger partial charge < -0.3 is 40.1 Å². The van der Waals surface area contributed by atoms with Crippen LogP contribution in [0.5, 0.6) is 46.0 Å². The molecule has 0 saturated heterocycles. The van der Waals surface area contributed by atoms with Gasteiger partial charge in [0.15, 0.2) is 0 Å². The number of phenols is 6. The number of hydrogen-bond donors (Lipinski definition) is 6. The number of phenolic OH excluding ortho intramolecular Hbond substituents is 6. The van der Waals surface area contributed by atoms with Crippen LogP contribution in [0.2, 0.25) is 0 Å². The van der Waals surface area contributed by atoms with E-state index in [9.17, 15) is 40.2 Å². The van der Waals surface area contributed by atoms with Crippen molar-refractivity contribution in [3.63, 3.8) is 0 Å². The number of hydrogen-bond acceptors (Lipinski definition) is 10. The maximum atomic E-state index is 14.0. The van der Waals surface area contributed by atoms with Crippen molar-refractivity contribution in [3.05, 3.63) is 44.7 Å². The molecule has 0 atom stereocenters. The molecule has 0 aromatic heterocycles. The van der Waals surface area contributed by atoms with Crippen LogP contribution < -0.4 is 20.3 Å². The number of fused-ring (bicyclic) bond motifs is 2. The molecule has 6 N–H and O–H groups in total. The Morgan fingerprint density at radius 3 is 0.950 bits per heavy atom. The molecule has 0 spiro atoms. The molecule has 0 heterocycles. The van der Waals surface area contributed by atoms with Crippen molar-refractivity contribution in [2.24, 2.45) is 0 Å². The molecule has 0 amide bonds. The third-order valence-corrected chi connectivity index (χ3v) is 8.21. The Balaban J connectivity index is 2.02. The Morgan fingerprint density at radius 1 is 0.375 bits per heavy atom. The molecule has 0 saturated carbocycles. The smallest absolute Gasteiger partial charge is 0.201 e. The van der Waals surface area contributed by atoms with Crippen LogP contribution >= 0.6 is 0 Å². The molecule has 10 heteroatoms. The molecule has 196 valence electrons. The Kier molecular flexibility index (Phi) is 3.73. The summed E-state index contributed by atoms with van der Waals surface area (Å²) in [6, 6.07) is 4.38. The highest BCUT2D eigenvalue weighted by Gasteiger charge is 2.34. The lowest BCUT2D eigenvalue weighted by Gasteiger charge is -2.25. The van der Waals surface area contributed by atoms with Gasteiger partial charge in [-0.25, -0.2) is 0 Å². The maximum absolute atomic E-state index is 14.0. The van der Waals surface area contributed by atoms with E-state index in [1.807, 2.05) is 0 Å². The van der Waals surface area contributed by atoms with Crippen molar-refractivity contribution < 1.29 is 40.1 Å². The number of benzene rings is 8. The Labute approximate surface area is 220 Å². The van der Waals surface area contributed by atoms with Gasteiger partial charge in [-0.1, -0.05) is 0 Å². The van der Waals surface area contributed by atoms with E-state index in [-0.39, 0.29) is 86.9 Å². The predicted octanol–water partition coefficient (Wildman–Crippen LogP) is 4.48. The summed E-state index contributed by atoms with van der Waals surface area (Å²) in [5.74, 6) is -2.74. The van der Waals surface area contributed by atoms with Crippen LogP contribution in [-0.2, 0) is 0 Å². The average Bonchev–Trinajstić information content (AvgIpc) is 2.90. The Morgan fingerprint density at radius 2 is 0.625 bits per heavy atom. The van der Waals surface area contributed by atoms with E-state index >= 15 is 0 Å². The van der Waals surface area contributed by atoms with Crippen molar-refractivity contribution in [3.8, 4) is 46.0 Å². The van der Waals surface area contributed by atoms with Gasteiger partial charge in [-0.3, -0.25) is 9.59 Å². The Bertz CT molecular complexity index is 2370. The minimum atomic E-state index is -0.746. The summed E-state index contributed by atoms with van der Waals surface area (Å²) in [6.07, 6.45) is 0. The molecule has 0 unspecified atom stereocenters. The maximum Gasteiger partial charge on any atom is 0.201 e. The minimum absolute atomic E-state index is 0.0422. The zero-order valence-corrected chi connectivity index (χ0v) is 20.6. The second kappa shape index (κ2) is 6.67. The standard InChI is InChI=1S/C30H16O10/c1-39-13-5-11(35)19-25-21(13)22-14(40-2)6-12(36)20-26(22)28-24-16(8(32)4-10(34)18(24)30(20)38)15-7(31)3-9(33)17(29(19)37)23(15)27(25)28/h3-6,31-36H,1-2H3. The number of methoxy groups -OCH3 is 2. The fraction of sp³-hybridized carbons (Fsp3) is 0.0667. The van der Waals surface area contributed by atoms with Gasteiger partial charge >= 0.3 is 0 Å². The fourth-order valence-corrected chi connectivity index (χ4v) is 6.84. The van der Waals surface area contributed by atoms with Crippen LogP contribution in [0.3, 0.4) is 0 Å². The zero-order valence-electron chi connectivity index (χ0n) is 20.6. The third-order valence-electron chi connectivity index (χ3n) is 8.21. The number of ether oxygens (including phenoxy) is 2. The summed E-state index contributed by atoms with van der Waals surface area (Å²) >= 11 is 0. The topological polar surface area (TPSA) is 174 Å². The van der Waals surface area contributed by atoms with E-state index < -0.39 is 45.4 Å². The summed E-state index contributed by atoms with van der Waals surface area (Å²) in [6.45, 7) is 0. The highest BCUT2D eigenvalue weighted by atomic mass is 16.5. The van der Waals surface area contributed by atoms with E-state index in [1.165, 1.54) is 26.4 Å². The molecule has 0 aliphatic heterocycles. The first-order valence-corrected chi connectivity index (χ1v) is 12.0. The quantitative estimate of drug-likeness (QED) is 0.137. The first kappa shape index (κ1) is 22.4. The number of aromatic hydroxyl groups is 6. The molecule has 40 heavy (non-hydrogen) atoms. The normalized spacial score (nSPS) is 12.6. The molecule has 10 nitrogen and oxygen atoms in total. The summed E-state index contributed by atoms with van der Waals surface area (Å²) in [5.41, 5.74) is -1.49. The lowest BCUT2D eigenvalue weighted by molar-refractivity contribution is 0.410. The van der Waals surface area contributed by atoms with Crippen LogP contribution in [0.4, 0.5) is 0 Å². The molecule has 0 radical (unpaired) electrons. The molecule has 8 aromatic carbocycles. The molecular weight excluding hydrogens is 520 g/mol. The van der Waals surface area contributed by atoms with Crippen LogP contribution in [0, 0.1) is 0 Å². The van der Waals surface area contributed by atoms with Gasteiger partial charge in [0.05, 0.1) is 35.8 Å². The molecule has 0 aliphatic rings. The van der Waals surface area contributed by atoms with Crippen molar-refractivity contribution in [2.45, 2.75) is 0 Å². The molecule has 8 aromatic rings. The van der Waals surface area contributed by atoms with Gasteiger partial charge in [0.25, 0.3) is 0 Å². The summed E-state index contributed by atoms with van der Waals surface area (Å²) < 4.78 is 11.2. The molecule has 0 fully saturated rings. The van der Waals surface area contributed by atoms with E-state index in [4.69, 9.17) is 9.47 Å². The van der Waals surface area contributed by atoms with Crippen molar-refractivity contribution in [1.29, 1.82) is 0 Å². The van der Waals surface area contributed by atoms with Crippen molar-refractivity contribution in [2.75, 3.05) is 14.2 Å². The molecular formula is C30H16O10. The fourth-order valence-electron chi connectivity index (χ4n) is 6.84. The largest absolute Gasteiger partial charge is 0.507 e. The summed E-state index contributed by atoms with van der Waals surface area (Å²) in [7, 11) is 2.72. The van der Waals surface area contributed by atoms with Crippen molar-refractivity contribution >= 4 is 75.4 Å². The first-order valence-electron chi connectivity index (χ1n) is 12.0. The molecule has 8 rings (SSSR count). The van der Waals surface area contributed by atoms with Crippen LogP contribution in [0.25, 0.3) is 75.4 Å². The zero-order chi connectivity index (χ0) is 28.1. The molecule has 0 bridgehead atoms. The predicted molar refractivity (Wildman–Crippen MR) is 149 cm³/mol. The highest BCUT2D eigenvalue weighted by molar-refractivity contribution is 6.51. The van der Waals surface area contributed by atoms with Crippen LogP contribution in [0.1, 0.15) is 0 Å². The van der Waals surface area contributed by atoms with Gasteiger partial charge in [0.2, 0.25) is 10.9 Å². The summed E-state index contributed by atoms with van der Waals surface area (Å²) in [5, 5.41) is 66.9. The van der Waals surface area contributed by atoms with Gasteiger partial charge in [-0.15, -0.1) is 0 Å². The van der Waals surface area contributed by atoms with E-state index in [0.29, 0.717) is 0 Å².